The number of rotatable bonds is 14. The van der Waals surface area contributed by atoms with Crippen molar-refractivity contribution < 1.29 is 18.0 Å². The molecule has 242 valence electrons. The Bertz CT molecular complexity index is 1750. The molecule has 0 aliphatic rings. The summed E-state index contributed by atoms with van der Waals surface area (Å²) in [5, 5.41) is 3.14. The van der Waals surface area contributed by atoms with Crippen LogP contribution in [0, 0.1) is 13.8 Å². The van der Waals surface area contributed by atoms with Gasteiger partial charge in [0.25, 0.3) is 10.0 Å². The molecule has 0 spiro atoms. The topological polar surface area (TPSA) is 86.8 Å². The van der Waals surface area contributed by atoms with Crippen LogP contribution in [0.4, 0.5) is 5.69 Å². The summed E-state index contributed by atoms with van der Waals surface area (Å²) in [5.74, 6) is -0.880. The maximum absolute atomic E-state index is 14.6. The minimum absolute atomic E-state index is 0.00347. The van der Waals surface area contributed by atoms with E-state index < -0.39 is 28.5 Å². The Kier molecular flexibility index (Phi) is 12.3. The molecule has 10 heteroatoms. The van der Waals surface area contributed by atoms with Crippen molar-refractivity contribution in [2.45, 2.75) is 57.5 Å². The number of anilines is 1. The molecule has 0 heterocycles. The van der Waals surface area contributed by atoms with Gasteiger partial charge in [-0.2, -0.15) is 0 Å². The summed E-state index contributed by atoms with van der Waals surface area (Å²) in [4.78, 5) is 29.9. The third kappa shape index (κ3) is 8.69. The lowest BCUT2D eigenvalue weighted by Gasteiger charge is -2.34. The molecule has 46 heavy (non-hydrogen) atoms. The zero-order chi connectivity index (χ0) is 33.3. The molecule has 2 amide bonds. The van der Waals surface area contributed by atoms with Crippen LogP contribution in [0.15, 0.2) is 102 Å². The van der Waals surface area contributed by atoms with E-state index in [4.69, 9.17) is 23.2 Å². The molecular weight excluding hydrogens is 641 g/mol. The number of halogens is 2. The van der Waals surface area contributed by atoms with Gasteiger partial charge >= 0.3 is 0 Å². The second-order valence-electron chi connectivity index (χ2n) is 11.2. The van der Waals surface area contributed by atoms with Crippen LogP contribution in [0.2, 0.25) is 10.0 Å². The van der Waals surface area contributed by atoms with Gasteiger partial charge < -0.3 is 10.2 Å². The van der Waals surface area contributed by atoms with Crippen LogP contribution in [0.3, 0.4) is 0 Å². The third-order valence-electron chi connectivity index (χ3n) is 7.79. The molecule has 4 aromatic carbocycles. The van der Waals surface area contributed by atoms with Crippen LogP contribution < -0.4 is 9.62 Å². The van der Waals surface area contributed by atoms with Crippen LogP contribution >= 0.6 is 23.2 Å². The molecule has 0 bridgehead atoms. The number of amides is 2. The van der Waals surface area contributed by atoms with Gasteiger partial charge in [0.05, 0.1) is 20.6 Å². The van der Waals surface area contributed by atoms with E-state index in [-0.39, 0.29) is 39.5 Å². The number of carbonyl (C=O) groups excluding carboxylic acids is 2. The van der Waals surface area contributed by atoms with Gasteiger partial charge in [0.2, 0.25) is 11.8 Å². The first-order chi connectivity index (χ1) is 22.0. The number of hydrogen-bond acceptors (Lipinski definition) is 4. The number of nitrogens with one attached hydrogen (secondary N) is 1. The Morgan fingerprint density at radius 2 is 1.52 bits per heavy atom. The lowest BCUT2D eigenvalue weighted by molar-refractivity contribution is -0.140. The maximum Gasteiger partial charge on any atom is 0.264 e. The van der Waals surface area contributed by atoms with Crippen LogP contribution in [0.5, 0.6) is 0 Å². The van der Waals surface area contributed by atoms with Crippen molar-refractivity contribution >= 4 is 50.7 Å². The predicted octanol–water partition coefficient (Wildman–Crippen LogP) is 7.36. The molecule has 1 N–H and O–H groups in total. The van der Waals surface area contributed by atoms with Gasteiger partial charge in [-0.1, -0.05) is 115 Å². The van der Waals surface area contributed by atoms with E-state index in [1.54, 1.807) is 24.3 Å². The standard InChI is InChI=1S/C36H39Cl2N3O4S/c1-4-5-22-39-36(43)33(23-28-13-7-6-8-14-28)40(24-29-15-10-9-12-27(29)3)34(42)25-41(32-17-11-16-31(37)35(32)38)46(44,45)30-20-18-26(2)19-21-30/h6-21,33H,4-5,22-25H2,1-3H3,(H,39,43)/t33-/m1/s1. The number of nitrogens with zero attached hydrogens (tertiary/aromatic N) is 2. The first kappa shape index (κ1) is 35.0. The highest BCUT2D eigenvalue weighted by atomic mass is 35.5. The van der Waals surface area contributed by atoms with E-state index in [0.29, 0.717) is 6.54 Å². The number of benzene rings is 4. The van der Waals surface area contributed by atoms with Gasteiger partial charge in [-0.25, -0.2) is 8.42 Å². The lowest BCUT2D eigenvalue weighted by Crippen LogP contribution is -2.53. The summed E-state index contributed by atoms with van der Waals surface area (Å²) in [6.45, 7) is 5.76. The normalized spacial score (nSPS) is 11.9. The summed E-state index contributed by atoms with van der Waals surface area (Å²) in [6.07, 6.45) is 1.91. The van der Waals surface area contributed by atoms with E-state index >= 15 is 0 Å². The van der Waals surface area contributed by atoms with Gasteiger partial charge in [-0.15, -0.1) is 0 Å². The fraction of sp³-hybridized carbons (Fsp3) is 0.278. The van der Waals surface area contributed by atoms with E-state index in [9.17, 15) is 18.0 Å². The Labute approximate surface area is 282 Å². The van der Waals surface area contributed by atoms with Crippen molar-refractivity contribution in [3.63, 3.8) is 0 Å². The summed E-state index contributed by atoms with van der Waals surface area (Å²) in [7, 11) is -4.30. The van der Waals surface area contributed by atoms with E-state index in [1.165, 1.54) is 23.1 Å². The Morgan fingerprint density at radius 1 is 0.848 bits per heavy atom. The molecule has 0 radical (unpaired) electrons. The SMILES string of the molecule is CCCCNC(=O)[C@@H](Cc1ccccc1)N(Cc1ccccc1C)C(=O)CN(c1cccc(Cl)c1Cl)S(=O)(=O)c1ccc(C)cc1. The zero-order valence-electron chi connectivity index (χ0n) is 26.2. The van der Waals surface area contributed by atoms with Crippen molar-refractivity contribution in [2.24, 2.45) is 0 Å². The number of carbonyl (C=O) groups is 2. The largest absolute Gasteiger partial charge is 0.354 e. The maximum atomic E-state index is 14.6. The second-order valence-corrected chi connectivity index (χ2v) is 13.8. The monoisotopic (exact) mass is 679 g/mol. The van der Waals surface area contributed by atoms with Gasteiger partial charge in [-0.3, -0.25) is 13.9 Å². The van der Waals surface area contributed by atoms with Gasteiger partial charge in [0.15, 0.2) is 0 Å². The quantitative estimate of drug-likeness (QED) is 0.141. The van der Waals surface area contributed by atoms with Crippen LogP contribution in [0.25, 0.3) is 0 Å². The van der Waals surface area contributed by atoms with Crippen molar-refractivity contribution in [2.75, 3.05) is 17.4 Å². The smallest absolute Gasteiger partial charge is 0.264 e. The fourth-order valence-electron chi connectivity index (χ4n) is 5.07. The van der Waals surface area contributed by atoms with E-state index in [1.807, 2.05) is 75.4 Å². The number of hydrogen-bond donors (Lipinski definition) is 1. The van der Waals surface area contributed by atoms with Crippen molar-refractivity contribution in [1.82, 2.24) is 10.2 Å². The van der Waals surface area contributed by atoms with Crippen molar-refractivity contribution in [3.05, 3.63) is 129 Å². The summed E-state index contributed by atoms with van der Waals surface area (Å²) in [5.41, 5.74) is 3.58. The zero-order valence-corrected chi connectivity index (χ0v) is 28.6. The summed E-state index contributed by atoms with van der Waals surface area (Å²) < 4.78 is 29.4. The van der Waals surface area contributed by atoms with Crippen LogP contribution in [-0.4, -0.2) is 44.3 Å². The highest BCUT2D eigenvalue weighted by Gasteiger charge is 2.35. The molecule has 0 fully saturated rings. The first-order valence-corrected chi connectivity index (χ1v) is 17.4. The first-order valence-electron chi connectivity index (χ1n) is 15.2. The molecule has 0 saturated carbocycles. The third-order valence-corrected chi connectivity index (χ3v) is 10.4. The lowest BCUT2D eigenvalue weighted by atomic mass is 10.0. The molecular formula is C36H39Cl2N3O4S. The summed E-state index contributed by atoms with van der Waals surface area (Å²) >= 11 is 12.9. The molecule has 0 saturated heterocycles. The van der Waals surface area contributed by atoms with E-state index in [2.05, 4.69) is 5.32 Å². The molecule has 0 aliphatic heterocycles. The second kappa shape index (κ2) is 16.1. The highest BCUT2D eigenvalue weighted by Crippen LogP contribution is 2.35. The molecule has 4 aromatic rings. The molecule has 0 aromatic heterocycles. The fourth-order valence-corrected chi connectivity index (χ4v) is 6.94. The van der Waals surface area contributed by atoms with Gasteiger partial charge in [0.1, 0.15) is 12.6 Å². The van der Waals surface area contributed by atoms with Gasteiger partial charge in [0, 0.05) is 19.5 Å². The Hall–Kier alpha value is -3.85. The van der Waals surface area contributed by atoms with Crippen molar-refractivity contribution in [1.29, 1.82) is 0 Å². The molecule has 0 aliphatic carbocycles. The Morgan fingerprint density at radius 3 is 2.20 bits per heavy atom. The summed E-state index contributed by atoms with van der Waals surface area (Å²) in [6, 6.07) is 27.1. The van der Waals surface area contributed by atoms with E-state index in [0.717, 1.165) is 39.4 Å². The number of aryl methyl sites for hydroxylation is 2. The average molecular weight is 681 g/mol. The predicted molar refractivity (Wildman–Crippen MR) is 186 cm³/mol. The number of unbranched alkanes of at least 4 members (excludes halogenated alkanes) is 1. The van der Waals surface area contributed by atoms with Crippen LogP contribution in [0.1, 0.15) is 42.0 Å². The van der Waals surface area contributed by atoms with Crippen molar-refractivity contribution in [3.8, 4) is 0 Å². The highest BCUT2D eigenvalue weighted by molar-refractivity contribution is 7.92. The Balaban J connectivity index is 1.83. The average Bonchev–Trinajstić information content (AvgIpc) is 3.04. The van der Waals surface area contributed by atoms with Crippen LogP contribution in [-0.2, 0) is 32.6 Å². The molecule has 1 atom stereocenters. The molecule has 0 unspecified atom stereocenters. The molecule has 4 rings (SSSR count). The number of sulfonamides is 1. The van der Waals surface area contributed by atoms with Gasteiger partial charge in [-0.05, 0) is 61.2 Å². The molecule has 7 nitrogen and oxygen atoms in total. The minimum atomic E-state index is -4.30. The minimum Gasteiger partial charge on any atom is -0.354 e.